The van der Waals surface area contributed by atoms with E-state index in [1.807, 2.05) is 0 Å². The van der Waals surface area contributed by atoms with Crippen LogP contribution < -0.4 is 9.96 Å². The lowest BCUT2D eigenvalue weighted by Gasteiger charge is -2.33. The van der Waals surface area contributed by atoms with Gasteiger partial charge in [-0.25, -0.2) is 9.86 Å². The molecule has 1 fully saturated rings. The Labute approximate surface area is 267 Å². The zero-order valence-corrected chi connectivity index (χ0v) is 25.4. The number of aryl methyl sites for hydroxylation is 2. The zero-order valence-electron chi connectivity index (χ0n) is 25.4. The monoisotopic (exact) mass is 696 g/mol. The average Bonchev–Trinajstić information content (AvgIpc) is 3.34. The number of aromatic nitrogens is 4. The molecule has 48 heavy (non-hydrogen) atoms. The van der Waals surface area contributed by atoms with Crippen LogP contribution in [0.25, 0.3) is 0 Å². The average molecular weight is 697 g/mol. The number of benzene rings is 2. The number of ether oxygens (including phenoxy) is 2. The van der Waals surface area contributed by atoms with Gasteiger partial charge in [0.25, 0.3) is 5.95 Å². The van der Waals surface area contributed by atoms with Crippen LogP contribution in [-0.4, -0.2) is 52.2 Å². The predicted octanol–water partition coefficient (Wildman–Crippen LogP) is 7.17. The van der Waals surface area contributed by atoms with Gasteiger partial charge < -0.3 is 19.2 Å². The number of fused-ring (bicyclic) bond motifs is 1. The highest BCUT2D eigenvalue weighted by molar-refractivity contribution is 5.66. The number of halogens is 9. The van der Waals surface area contributed by atoms with Crippen LogP contribution >= 0.6 is 0 Å². The molecule has 0 saturated carbocycles. The summed E-state index contributed by atoms with van der Waals surface area (Å²) in [6.07, 6.45) is -15.8. The number of alkyl halides is 9. The van der Waals surface area contributed by atoms with Crippen molar-refractivity contribution in [3.05, 3.63) is 63.7 Å². The molecule has 2 aliphatic rings. The van der Waals surface area contributed by atoms with Gasteiger partial charge in [0.05, 0.1) is 55.2 Å². The third kappa shape index (κ3) is 8.04. The first-order valence-corrected chi connectivity index (χ1v) is 14.6. The van der Waals surface area contributed by atoms with Gasteiger partial charge in [-0.2, -0.15) is 44.3 Å². The third-order valence-electron chi connectivity index (χ3n) is 7.89. The largest absolute Gasteiger partial charge is 0.533 e. The predicted molar refractivity (Wildman–Crippen MR) is 148 cm³/mol. The lowest BCUT2D eigenvalue weighted by Crippen LogP contribution is -2.33. The normalized spacial score (nSPS) is 17.9. The second-order valence-electron chi connectivity index (χ2n) is 11.4. The van der Waals surface area contributed by atoms with Gasteiger partial charge in [0.1, 0.15) is 6.10 Å². The number of carbonyl (C=O) groups excluding carboxylic acids is 1. The Balaban J connectivity index is 1.60. The number of rotatable bonds is 6. The Hall–Kier alpha value is -4.29. The molecule has 1 aromatic heterocycles. The first-order valence-electron chi connectivity index (χ1n) is 14.6. The van der Waals surface area contributed by atoms with Crippen molar-refractivity contribution in [2.24, 2.45) is 7.05 Å². The van der Waals surface area contributed by atoms with Crippen molar-refractivity contribution < 1.29 is 58.6 Å². The number of hydroxylamine groups is 1. The van der Waals surface area contributed by atoms with E-state index >= 15 is 0 Å². The number of tetrazole rings is 1. The molecule has 0 unspecified atom stereocenters. The minimum absolute atomic E-state index is 0.00791. The van der Waals surface area contributed by atoms with Crippen LogP contribution in [0.5, 0.6) is 0 Å². The lowest BCUT2D eigenvalue weighted by molar-refractivity contribution is -0.143. The first-order chi connectivity index (χ1) is 22.4. The van der Waals surface area contributed by atoms with E-state index in [0.29, 0.717) is 38.2 Å². The Kier molecular flexibility index (Phi) is 9.71. The number of nitrogens with zero attached hydrogens (tertiary/aromatic N) is 6. The maximum Gasteiger partial charge on any atom is 0.533 e. The maximum atomic E-state index is 14.1. The van der Waals surface area contributed by atoms with Crippen molar-refractivity contribution in [3.63, 3.8) is 0 Å². The number of anilines is 2. The Morgan fingerprint density at radius 3 is 2.15 bits per heavy atom. The molecule has 2 aliphatic heterocycles. The van der Waals surface area contributed by atoms with Crippen molar-refractivity contribution >= 4 is 17.8 Å². The van der Waals surface area contributed by atoms with E-state index in [1.54, 1.807) is 0 Å². The molecule has 0 radical (unpaired) electrons. The van der Waals surface area contributed by atoms with Gasteiger partial charge in [-0.15, -0.1) is 5.10 Å². The molecular formula is C29H29F9N6O4. The van der Waals surface area contributed by atoms with Gasteiger partial charge in [-0.3, -0.25) is 0 Å². The van der Waals surface area contributed by atoms with Gasteiger partial charge in [0.2, 0.25) is 0 Å². The molecule has 0 amide bonds. The summed E-state index contributed by atoms with van der Waals surface area (Å²) >= 11 is 0. The molecule has 3 aromatic rings. The molecule has 0 bridgehead atoms. The van der Waals surface area contributed by atoms with Crippen LogP contribution in [0.3, 0.4) is 0 Å². The van der Waals surface area contributed by atoms with Crippen molar-refractivity contribution in [2.75, 3.05) is 29.7 Å². The molecule has 5 rings (SSSR count). The maximum absolute atomic E-state index is 14.1. The lowest BCUT2D eigenvalue weighted by atomic mass is 9.94. The third-order valence-corrected chi connectivity index (χ3v) is 7.89. The quantitative estimate of drug-likeness (QED) is 0.197. The summed E-state index contributed by atoms with van der Waals surface area (Å²) in [7, 11) is 1.38. The van der Waals surface area contributed by atoms with Crippen molar-refractivity contribution in [3.8, 4) is 0 Å². The van der Waals surface area contributed by atoms with Crippen LogP contribution in [0.1, 0.15) is 65.1 Å². The number of hydrogen-bond acceptors (Lipinski definition) is 9. The van der Waals surface area contributed by atoms with Crippen LogP contribution in [0.4, 0.5) is 55.9 Å². The van der Waals surface area contributed by atoms with Crippen LogP contribution in [-0.2, 0) is 46.4 Å². The molecule has 2 aromatic carbocycles. The second kappa shape index (κ2) is 13.3. The Bertz CT molecular complexity index is 1590. The molecule has 1 saturated heterocycles. The summed E-state index contributed by atoms with van der Waals surface area (Å²) < 4.78 is 135. The highest BCUT2D eigenvalue weighted by Gasteiger charge is 2.40. The summed E-state index contributed by atoms with van der Waals surface area (Å²) in [6, 6.07) is 2.02. The van der Waals surface area contributed by atoms with E-state index in [4.69, 9.17) is 14.3 Å². The first kappa shape index (κ1) is 35.0. The summed E-state index contributed by atoms with van der Waals surface area (Å²) in [4.78, 5) is 20.5. The fourth-order valence-electron chi connectivity index (χ4n) is 5.69. The second-order valence-corrected chi connectivity index (χ2v) is 11.4. The summed E-state index contributed by atoms with van der Waals surface area (Å²) in [5.74, 6) is -0.217. The fourth-order valence-corrected chi connectivity index (χ4v) is 5.69. The molecule has 19 heteroatoms. The van der Waals surface area contributed by atoms with Crippen molar-refractivity contribution in [1.82, 2.24) is 20.2 Å². The number of carbonyl (C=O) groups is 1. The molecule has 0 N–H and O–H groups in total. The molecular weight excluding hydrogens is 667 g/mol. The molecule has 1 atom stereocenters. The standard InChI is InChI=1S/C29H29F9N6O4/c1-16-10-21-23(4-3-7-44(24(21)14-22(16)29(36,37)38)48-26(45)47-20-5-8-46-9-6-20)43(25-39-41-42(2)40-25)15-17-11-18(27(30,31)32)13-19(12-17)28(33,34)35/h10-14,20,23H,3-9,15H2,1-2H3/t23-/m0/s1. The van der Waals surface area contributed by atoms with E-state index in [1.165, 1.54) is 24.9 Å². The summed E-state index contributed by atoms with van der Waals surface area (Å²) in [5.41, 5.74) is -4.90. The van der Waals surface area contributed by atoms with Crippen molar-refractivity contribution in [1.29, 1.82) is 0 Å². The Morgan fingerprint density at radius 2 is 1.58 bits per heavy atom. The smallest absolute Gasteiger partial charge is 0.429 e. The van der Waals surface area contributed by atoms with E-state index < -0.39 is 65.6 Å². The Morgan fingerprint density at radius 1 is 0.938 bits per heavy atom. The topological polar surface area (TPSA) is 94.8 Å². The minimum Gasteiger partial charge on any atom is -0.429 e. The molecule has 0 spiro atoms. The molecule has 0 aliphatic carbocycles. The zero-order chi connectivity index (χ0) is 35.0. The van der Waals surface area contributed by atoms with E-state index in [0.717, 1.165) is 15.9 Å². The van der Waals surface area contributed by atoms with Gasteiger partial charge >= 0.3 is 24.7 Å². The fraction of sp³-hybridized carbons (Fsp3) is 0.517. The van der Waals surface area contributed by atoms with E-state index in [-0.39, 0.29) is 48.2 Å². The summed E-state index contributed by atoms with van der Waals surface area (Å²) in [6.45, 7) is 1.11. The van der Waals surface area contributed by atoms with E-state index in [2.05, 4.69) is 15.4 Å². The molecule has 3 heterocycles. The van der Waals surface area contributed by atoms with Gasteiger partial charge in [-0.05, 0) is 60.4 Å². The highest BCUT2D eigenvalue weighted by Crippen LogP contribution is 2.44. The van der Waals surface area contributed by atoms with Crippen molar-refractivity contribution in [2.45, 2.75) is 69.8 Å². The van der Waals surface area contributed by atoms with Gasteiger partial charge in [0, 0.05) is 24.9 Å². The molecule has 10 nitrogen and oxygen atoms in total. The van der Waals surface area contributed by atoms with Crippen LogP contribution in [0.15, 0.2) is 30.3 Å². The SMILES string of the molecule is Cc1cc2c(cc1C(F)(F)F)N(OC(=O)OC1CCOCC1)CCC[C@@H]2N(Cc1cc(C(F)(F)F)cc(C(F)(F)F)c1)c1nnn(C)n1. The van der Waals surface area contributed by atoms with E-state index in [9.17, 15) is 44.3 Å². The van der Waals surface area contributed by atoms with Gasteiger partial charge in [-0.1, -0.05) is 11.2 Å². The van der Waals surface area contributed by atoms with Crippen LogP contribution in [0.2, 0.25) is 0 Å². The minimum atomic E-state index is -5.12. The number of hydrogen-bond donors (Lipinski definition) is 0. The van der Waals surface area contributed by atoms with Gasteiger partial charge in [0.15, 0.2) is 0 Å². The molecule has 262 valence electrons. The highest BCUT2D eigenvalue weighted by atomic mass is 19.4. The summed E-state index contributed by atoms with van der Waals surface area (Å²) in [5, 5.41) is 12.7. The van der Waals surface area contributed by atoms with Crippen LogP contribution in [0, 0.1) is 6.92 Å².